The van der Waals surface area contributed by atoms with Gasteiger partial charge in [0.1, 0.15) is 10.4 Å². The minimum absolute atomic E-state index is 0.755. The van der Waals surface area contributed by atoms with Crippen LogP contribution in [0.3, 0.4) is 0 Å². The second kappa shape index (κ2) is 5.31. The van der Waals surface area contributed by atoms with Crippen LogP contribution >= 0.6 is 27.5 Å². The fourth-order valence-corrected chi connectivity index (χ4v) is 2.58. The average Bonchev–Trinajstić information content (AvgIpc) is 2.88. The lowest BCUT2D eigenvalue weighted by Crippen LogP contribution is -2.10. The highest BCUT2D eigenvalue weighted by Gasteiger charge is 2.23. The SMILES string of the molecule is Brc1cn(CCNc2nc(CC3CC3)ns2)nn1. The largest absolute Gasteiger partial charge is 0.358 e. The van der Waals surface area contributed by atoms with Crippen molar-refractivity contribution in [3.63, 3.8) is 0 Å². The van der Waals surface area contributed by atoms with Crippen LogP contribution in [0.1, 0.15) is 18.7 Å². The van der Waals surface area contributed by atoms with Gasteiger partial charge in [0.15, 0.2) is 0 Å². The fraction of sp³-hybridized carbons (Fsp3) is 0.600. The minimum Gasteiger partial charge on any atom is -0.358 e. The first-order valence-electron chi connectivity index (χ1n) is 5.92. The molecule has 96 valence electrons. The van der Waals surface area contributed by atoms with Gasteiger partial charge < -0.3 is 5.32 Å². The first-order chi connectivity index (χ1) is 8.79. The van der Waals surface area contributed by atoms with Crippen LogP contribution in [0.2, 0.25) is 0 Å². The van der Waals surface area contributed by atoms with Crippen molar-refractivity contribution in [2.45, 2.75) is 25.8 Å². The van der Waals surface area contributed by atoms with E-state index in [1.807, 2.05) is 6.20 Å². The van der Waals surface area contributed by atoms with E-state index in [9.17, 15) is 0 Å². The van der Waals surface area contributed by atoms with Gasteiger partial charge >= 0.3 is 0 Å². The van der Waals surface area contributed by atoms with Crippen LogP contribution in [0, 0.1) is 5.92 Å². The highest BCUT2D eigenvalue weighted by molar-refractivity contribution is 9.10. The van der Waals surface area contributed by atoms with E-state index < -0.39 is 0 Å². The number of halogens is 1. The lowest BCUT2D eigenvalue weighted by Gasteiger charge is -2.00. The van der Waals surface area contributed by atoms with E-state index in [0.717, 1.165) is 41.0 Å². The van der Waals surface area contributed by atoms with Crippen LogP contribution in [-0.4, -0.2) is 30.9 Å². The van der Waals surface area contributed by atoms with Gasteiger partial charge in [-0.3, -0.25) is 0 Å². The molecule has 0 aliphatic heterocycles. The van der Waals surface area contributed by atoms with Gasteiger partial charge in [-0.1, -0.05) is 5.21 Å². The summed E-state index contributed by atoms with van der Waals surface area (Å²) in [6.07, 6.45) is 5.56. The van der Waals surface area contributed by atoms with Crippen molar-refractivity contribution >= 4 is 32.6 Å². The molecular weight excluding hydrogens is 316 g/mol. The molecule has 0 radical (unpaired) electrons. The van der Waals surface area contributed by atoms with Crippen molar-refractivity contribution in [3.05, 3.63) is 16.6 Å². The summed E-state index contributed by atoms with van der Waals surface area (Å²) in [5.41, 5.74) is 0. The summed E-state index contributed by atoms with van der Waals surface area (Å²) in [6, 6.07) is 0. The molecule has 2 aromatic heterocycles. The molecule has 0 aromatic carbocycles. The molecule has 1 aliphatic carbocycles. The summed E-state index contributed by atoms with van der Waals surface area (Å²) in [5, 5.41) is 12.0. The third-order valence-electron chi connectivity index (χ3n) is 2.76. The molecule has 0 saturated heterocycles. The van der Waals surface area contributed by atoms with Gasteiger partial charge in [-0.05, 0) is 34.7 Å². The maximum absolute atomic E-state index is 4.47. The van der Waals surface area contributed by atoms with Gasteiger partial charge in [-0.15, -0.1) is 5.10 Å². The summed E-state index contributed by atoms with van der Waals surface area (Å²) in [6.45, 7) is 1.53. The molecule has 0 unspecified atom stereocenters. The first-order valence-corrected chi connectivity index (χ1v) is 7.48. The molecule has 8 heteroatoms. The molecule has 1 fully saturated rings. The van der Waals surface area contributed by atoms with Crippen LogP contribution in [0.25, 0.3) is 0 Å². The summed E-state index contributed by atoms with van der Waals surface area (Å²) < 4.78 is 6.89. The number of aromatic nitrogens is 5. The van der Waals surface area contributed by atoms with E-state index in [1.165, 1.54) is 24.4 Å². The number of nitrogens with one attached hydrogen (secondary N) is 1. The highest BCUT2D eigenvalue weighted by atomic mass is 79.9. The van der Waals surface area contributed by atoms with Gasteiger partial charge in [0.25, 0.3) is 0 Å². The van der Waals surface area contributed by atoms with Gasteiger partial charge in [-0.25, -0.2) is 9.67 Å². The van der Waals surface area contributed by atoms with Crippen LogP contribution in [0.15, 0.2) is 10.8 Å². The predicted molar refractivity (Wildman–Crippen MR) is 72.5 cm³/mol. The molecule has 3 rings (SSSR count). The van der Waals surface area contributed by atoms with Crippen LogP contribution in [-0.2, 0) is 13.0 Å². The van der Waals surface area contributed by atoms with E-state index in [-0.39, 0.29) is 0 Å². The maximum atomic E-state index is 4.47. The third kappa shape index (κ3) is 3.26. The van der Waals surface area contributed by atoms with Crippen LogP contribution in [0.4, 0.5) is 5.13 Å². The zero-order valence-corrected chi connectivity index (χ0v) is 12.1. The van der Waals surface area contributed by atoms with E-state index in [4.69, 9.17) is 0 Å². The molecule has 0 spiro atoms. The van der Waals surface area contributed by atoms with Gasteiger partial charge in [0.2, 0.25) is 5.13 Å². The lowest BCUT2D eigenvalue weighted by atomic mass is 10.3. The van der Waals surface area contributed by atoms with Gasteiger partial charge in [0.05, 0.1) is 12.7 Å². The second-order valence-corrected chi connectivity index (χ2v) is 5.96. The Bertz CT molecular complexity index is 520. The van der Waals surface area contributed by atoms with E-state index in [0.29, 0.717) is 0 Å². The number of rotatable bonds is 6. The second-order valence-electron chi connectivity index (χ2n) is 4.39. The Kier molecular flexibility index (Phi) is 3.55. The molecule has 0 bridgehead atoms. The number of hydrogen-bond donors (Lipinski definition) is 1. The smallest absolute Gasteiger partial charge is 0.202 e. The Labute approximate surface area is 117 Å². The van der Waals surface area contributed by atoms with Gasteiger partial charge in [0, 0.05) is 24.5 Å². The number of anilines is 1. The van der Waals surface area contributed by atoms with Crippen molar-refractivity contribution in [2.75, 3.05) is 11.9 Å². The molecule has 18 heavy (non-hydrogen) atoms. The molecule has 1 N–H and O–H groups in total. The topological polar surface area (TPSA) is 68.5 Å². The molecule has 2 aromatic rings. The summed E-state index contributed by atoms with van der Waals surface area (Å²) in [5.74, 6) is 1.81. The molecule has 1 saturated carbocycles. The van der Waals surface area contributed by atoms with Crippen molar-refractivity contribution in [3.8, 4) is 0 Å². The molecule has 0 amide bonds. The van der Waals surface area contributed by atoms with E-state index in [1.54, 1.807) is 4.68 Å². The molecule has 1 aliphatic rings. The molecule has 2 heterocycles. The molecular formula is C10H13BrN6S. The Morgan fingerprint density at radius 2 is 2.39 bits per heavy atom. The summed E-state index contributed by atoms with van der Waals surface area (Å²) in [7, 11) is 0. The van der Waals surface area contributed by atoms with Gasteiger partial charge in [-0.2, -0.15) is 4.37 Å². The Morgan fingerprint density at radius 1 is 1.50 bits per heavy atom. The van der Waals surface area contributed by atoms with E-state index in [2.05, 4.69) is 40.9 Å². The highest BCUT2D eigenvalue weighted by Crippen LogP contribution is 2.32. The third-order valence-corrected chi connectivity index (χ3v) is 3.84. The van der Waals surface area contributed by atoms with Crippen molar-refractivity contribution < 1.29 is 0 Å². The monoisotopic (exact) mass is 328 g/mol. The lowest BCUT2D eigenvalue weighted by molar-refractivity contribution is 0.608. The minimum atomic E-state index is 0.755. The van der Waals surface area contributed by atoms with Crippen molar-refractivity contribution in [1.29, 1.82) is 0 Å². The van der Waals surface area contributed by atoms with Crippen LogP contribution < -0.4 is 5.32 Å². The fourth-order valence-electron chi connectivity index (χ4n) is 1.65. The zero-order chi connectivity index (χ0) is 12.4. The summed E-state index contributed by atoms with van der Waals surface area (Å²) >= 11 is 4.70. The normalized spacial score (nSPS) is 14.9. The standard InChI is InChI=1S/C10H13BrN6S/c11-8-6-17(16-14-8)4-3-12-10-13-9(15-18-10)5-7-1-2-7/h6-7H,1-5H2,(H,12,13,15). The number of hydrogen-bond acceptors (Lipinski definition) is 6. The Hall–Kier alpha value is -1.02. The molecule has 0 atom stereocenters. The molecule has 6 nitrogen and oxygen atoms in total. The van der Waals surface area contributed by atoms with Crippen molar-refractivity contribution in [2.24, 2.45) is 5.92 Å². The summed E-state index contributed by atoms with van der Waals surface area (Å²) in [4.78, 5) is 4.47. The Balaban J connectivity index is 1.45. The average molecular weight is 329 g/mol. The maximum Gasteiger partial charge on any atom is 0.202 e. The quantitative estimate of drug-likeness (QED) is 0.877. The zero-order valence-electron chi connectivity index (χ0n) is 9.71. The Morgan fingerprint density at radius 3 is 3.11 bits per heavy atom. The predicted octanol–water partition coefficient (Wildman–Crippen LogP) is 1.96. The van der Waals surface area contributed by atoms with Crippen molar-refractivity contribution in [1.82, 2.24) is 24.4 Å². The van der Waals surface area contributed by atoms with Crippen LogP contribution in [0.5, 0.6) is 0 Å². The number of nitrogens with zero attached hydrogens (tertiary/aromatic N) is 5. The van der Waals surface area contributed by atoms with E-state index >= 15 is 0 Å². The first kappa shape index (κ1) is 12.0.